The van der Waals surface area contributed by atoms with Crippen molar-refractivity contribution in [3.63, 3.8) is 0 Å². The highest BCUT2D eigenvalue weighted by molar-refractivity contribution is 5.76. The van der Waals surface area contributed by atoms with Gasteiger partial charge in [0.25, 0.3) is 0 Å². The Morgan fingerprint density at radius 1 is 0.459 bits per heavy atom. The Balaban J connectivity index is 3.53. The Morgan fingerprint density at radius 2 is 0.820 bits per heavy atom. The second-order valence-corrected chi connectivity index (χ2v) is 18.2. The Bertz CT molecular complexity index is 993. The van der Waals surface area contributed by atoms with Crippen LogP contribution in [0, 0.1) is 0 Å². The fraction of sp³-hybridized carbons (Fsp3) is 0.855. The maximum Gasteiger partial charge on any atom is 0.305 e. The van der Waals surface area contributed by atoms with Gasteiger partial charge in [0, 0.05) is 12.8 Å². The second kappa shape index (κ2) is 50.7. The smallest absolute Gasteiger partial charge is 0.305 e. The van der Waals surface area contributed by atoms with Crippen LogP contribution in [0.25, 0.3) is 0 Å². The molecule has 0 rings (SSSR count). The normalized spacial score (nSPS) is 12.9. The van der Waals surface area contributed by atoms with E-state index in [1.165, 1.54) is 180 Å². The Hall–Kier alpha value is -1.92. The van der Waals surface area contributed by atoms with Crippen molar-refractivity contribution in [3.8, 4) is 0 Å². The van der Waals surface area contributed by atoms with Crippen LogP contribution in [0.1, 0.15) is 277 Å². The number of aliphatic hydroxyl groups excluding tert-OH is 2. The van der Waals surface area contributed by atoms with E-state index in [0.717, 1.165) is 70.6 Å². The van der Waals surface area contributed by atoms with Crippen molar-refractivity contribution in [2.75, 3.05) is 13.2 Å². The molecule has 0 aromatic heterocycles. The molecule has 0 aromatic carbocycles. The number of amides is 1. The first-order valence-corrected chi connectivity index (χ1v) is 26.8. The minimum atomic E-state index is -0.860. The zero-order valence-electron chi connectivity index (χ0n) is 40.6. The molecule has 0 saturated carbocycles. The standard InChI is InChI=1S/C55H103NO5/c1-3-5-7-9-11-13-15-17-19-21-22-23-25-27-31-35-39-43-47-53(58)52(51-57)56-54(59)48-44-40-36-32-29-30-34-38-42-46-50-61-55(60)49-45-41-37-33-28-26-24-20-18-16-14-12-10-8-6-4-2/h14,16,20,24,43,47,52-53,57-58H,3-13,15,17-19,21-23,25-42,44-46,48-51H2,1-2H3,(H,56,59)/b16-14-,24-20-,47-43+. The van der Waals surface area contributed by atoms with E-state index in [-0.39, 0.29) is 18.5 Å². The third-order valence-electron chi connectivity index (χ3n) is 12.2. The summed E-state index contributed by atoms with van der Waals surface area (Å²) < 4.78 is 5.45. The average molecular weight is 858 g/mol. The summed E-state index contributed by atoms with van der Waals surface area (Å²) in [4.78, 5) is 24.5. The van der Waals surface area contributed by atoms with Crippen molar-refractivity contribution in [2.45, 2.75) is 289 Å². The first-order valence-electron chi connectivity index (χ1n) is 26.8. The van der Waals surface area contributed by atoms with Gasteiger partial charge in [-0.1, -0.05) is 237 Å². The molecule has 3 N–H and O–H groups in total. The number of ether oxygens (including phenoxy) is 1. The number of nitrogens with one attached hydrogen (secondary N) is 1. The molecule has 0 heterocycles. The topological polar surface area (TPSA) is 95.9 Å². The van der Waals surface area contributed by atoms with E-state index < -0.39 is 12.1 Å². The van der Waals surface area contributed by atoms with Gasteiger partial charge in [0.2, 0.25) is 5.91 Å². The third-order valence-corrected chi connectivity index (χ3v) is 12.2. The number of rotatable bonds is 49. The molecule has 0 aliphatic heterocycles. The third kappa shape index (κ3) is 47.4. The van der Waals surface area contributed by atoms with Gasteiger partial charge >= 0.3 is 5.97 Å². The van der Waals surface area contributed by atoms with Gasteiger partial charge in [0.1, 0.15) is 0 Å². The SMILES string of the molecule is CCCCCC/C=C\C/C=C\CCCCCCCC(=O)OCCCCCCCCCCCCC(=O)NC(CO)C(O)/C=C/CCCCCCCCCCCCCCCCCC. The largest absolute Gasteiger partial charge is 0.466 e. The fourth-order valence-electron chi connectivity index (χ4n) is 8.02. The van der Waals surface area contributed by atoms with E-state index >= 15 is 0 Å². The number of unbranched alkanes of at least 4 members (excludes halogenated alkanes) is 34. The monoisotopic (exact) mass is 858 g/mol. The summed E-state index contributed by atoms with van der Waals surface area (Å²) in [5.74, 6) is -0.125. The number of hydrogen-bond acceptors (Lipinski definition) is 5. The summed E-state index contributed by atoms with van der Waals surface area (Å²) in [7, 11) is 0. The molecule has 61 heavy (non-hydrogen) atoms. The average Bonchev–Trinajstić information content (AvgIpc) is 3.26. The molecule has 2 atom stereocenters. The van der Waals surface area contributed by atoms with E-state index in [2.05, 4.69) is 43.5 Å². The van der Waals surface area contributed by atoms with Gasteiger partial charge in [0.05, 0.1) is 25.4 Å². The van der Waals surface area contributed by atoms with Gasteiger partial charge in [-0.25, -0.2) is 0 Å². The predicted octanol–water partition coefficient (Wildman–Crippen LogP) is 16.1. The summed E-state index contributed by atoms with van der Waals surface area (Å²) in [6.07, 6.45) is 61.4. The lowest BCUT2D eigenvalue weighted by Crippen LogP contribution is -2.45. The molecule has 0 saturated heterocycles. The molecule has 0 aliphatic carbocycles. The summed E-state index contributed by atoms with van der Waals surface area (Å²) in [5.41, 5.74) is 0. The molecule has 1 amide bonds. The highest BCUT2D eigenvalue weighted by Crippen LogP contribution is 2.16. The van der Waals surface area contributed by atoms with E-state index in [4.69, 9.17) is 4.74 Å². The number of carbonyl (C=O) groups excluding carboxylic acids is 2. The van der Waals surface area contributed by atoms with Crippen LogP contribution in [0.15, 0.2) is 36.5 Å². The van der Waals surface area contributed by atoms with Crippen molar-refractivity contribution in [3.05, 3.63) is 36.5 Å². The lowest BCUT2D eigenvalue weighted by molar-refractivity contribution is -0.143. The summed E-state index contributed by atoms with van der Waals surface area (Å²) >= 11 is 0. The van der Waals surface area contributed by atoms with Crippen molar-refractivity contribution < 1.29 is 24.5 Å². The summed E-state index contributed by atoms with van der Waals surface area (Å²) in [6.45, 7) is 4.83. The first kappa shape index (κ1) is 59.1. The van der Waals surface area contributed by atoms with Crippen LogP contribution in [0.4, 0.5) is 0 Å². The van der Waals surface area contributed by atoms with Crippen LogP contribution < -0.4 is 5.32 Å². The van der Waals surface area contributed by atoms with E-state index in [1.807, 2.05) is 6.08 Å². The Kier molecular flexibility index (Phi) is 49.1. The van der Waals surface area contributed by atoms with Crippen LogP contribution in [-0.4, -0.2) is 47.4 Å². The molecule has 0 aromatic rings. The molecule has 0 bridgehead atoms. The Morgan fingerprint density at radius 3 is 1.26 bits per heavy atom. The van der Waals surface area contributed by atoms with Crippen molar-refractivity contribution in [2.24, 2.45) is 0 Å². The van der Waals surface area contributed by atoms with Crippen molar-refractivity contribution >= 4 is 11.9 Å². The Labute approximate surface area is 379 Å². The molecule has 2 unspecified atom stereocenters. The molecule has 358 valence electrons. The van der Waals surface area contributed by atoms with Gasteiger partial charge < -0.3 is 20.3 Å². The number of hydrogen-bond donors (Lipinski definition) is 3. The quantitative estimate of drug-likeness (QED) is 0.0322. The number of esters is 1. The van der Waals surface area contributed by atoms with Crippen LogP contribution in [0.2, 0.25) is 0 Å². The minimum absolute atomic E-state index is 0.0344. The maximum atomic E-state index is 12.4. The molecule has 0 aliphatic rings. The van der Waals surface area contributed by atoms with Gasteiger partial charge in [-0.3, -0.25) is 9.59 Å². The lowest BCUT2D eigenvalue weighted by Gasteiger charge is -2.20. The zero-order valence-corrected chi connectivity index (χ0v) is 40.6. The predicted molar refractivity (Wildman–Crippen MR) is 264 cm³/mol. The van der Waals surface area contributed by atoms with E-state index in [1.54, 1.807) is 6.08 Å². The van der Waals surface area contributed by atoms with E-state index in [0.29, 0.717) is 19.4 Å². The van der Waals surface area contributed by atoms with Gasteiger partial charge in [-0.2, -0.15) is 0 Å². The highest BCUT2D eigenvalue weighted by Gasteiger charge is 2.18. The molecular formula is C55H103NO5. The fourth-order valence-corrected chi connectivity index (χ4v) is 8.02. The maximum absolute atomic E-state index is 12.4. The van der Waals surface area contributed by atoms with Crippen LogP contribution in [0.5, 0.6) is 0 Å². The van der Waals surface area contributed by atoms with Crippen LogP contribution in [0.3, 0.4) is 0 Å². The van der Waals surface area contributed by atoms with Crippen molar-refractivity contribution in [1.29, 1.82) is 0 Å². The highest BCUT2D eigenvalue weighted by atomic mass is 16.5. The number of carbonyl (C=O) groups is 2. The molecule has 6 nitrogen and oxygen atoms in total. The second-order valence-electron chi connectivity index (χ2n) is 18.2. The minimum Gasteiger partial charge on any atom is -0.466 e. The zero-order chi connectivity index (χ0) is 44.4. The molecule has 0 fully saturated rings. The lowest BCUT2D eigenvalue weighted by atomic mass is 10.0. The summed E-state index contributed by atoms with van der Waals surface area (Å²) in [5, 5.41) is 23.1. The molecule has 0 radical (unpaired) electrons. The molecular weight excluding hydrogens is 755 g/mol. The van der Waals surface area contributed by atoms with Crippen LogP contribution in [-0.2, 0) is 14.3 Å². The van der Waals surface area contributed by atoms with Crippen molar-refractivity contribution in [1.82, 2.24) is 5.32 Å². The molecule has 6 heteroatoms. The number of allylic oxidation sites excluding steroid dienone is 5. The van der Waals surface area contributed by atoms with Gasteiger partial charge in [0.15, 0.2) is 0 Å². The molecule has 0 spiro atoms. The van der Waals surface area contributed by atoms with Gasteiger partial charge in [-0.15, -0.1) is 0 Å². The first-order chi connectivity index (χ1) is 30.0. The summed E-state index contributed by atoms with van der Waals surface area (Å²) in [6, 6.07) is -0.646. The van der Waals surface area contributed by atoms with Gasteiger partial charge in [-0.05, 0) is 64.2 Å². The van der Waals surface area contributed by atoms with Crippen LogP contribution >= 0.6 is 0 Å². The number of aliphatic hydroxyl groups is 2. The van der Waals surface area contributed by atoms with E-state index in [9.17, 15) is 19.8 Å².